The molecular formula is C17H30O5. The lowest BCUT2D eigenvalue weighted by Gasteiger charge is -2.10. The first kappa shape index (κ1) is 20.6. The van der Waals surface area contributed by atoms with Crippen molar-refractivity contribution in [1.82, 2.24) is 0 Å². The summed E-state index contributed by atoms with van der Waals surface area (Å²) in [5.41, 5.74) is 0.519. The summed E-state index contributed by atoms with van der Waals surface area (Å²) in [4.78, 5) is 22.3. The van der Waals surface area contributed by atoms with E-state index in [1.54, 1.807) is 6.92 Å². The molecule has 0 aliphatic heterocycles. The van der Waals surface area contributed by atoms with Gasteiger partial charge in [0.15, 0.2) is 0 Å². The van der Waals surface area contributed by atoms with Crippen LogP contribution in [0.15, 0.2) is 12.2 Å². The quantitative estimate of drug-likeness (QED) is 0.321. The first-order valence-electron chi connectivity index (χ1n) is 8.11. The summed E-state index contributed by atoms with van der Waals surface area (Å²) in [6, 6.07) is 0. The van der Waals surface area contributed by atoms with Gasteiger partial charge in [0.05, 0.1) is 19.8 Å². The van der Waals surface area contributed by atoms with Crippen LogP contribution in [-0.4, -0.2) is 36.9 Å². The molecule has 0 saturated carbocycles. The van der Waals surface area contributed by atoms with Gasteiger partial charge in [-0.05, 0) is 39.0 Å². The molecule has 1 atom stereocenters. The number of esters is 2. The van der Waals surface area contributed by atoms with Crippen LogP contribution in [0.4, 0.5) is 0 Å². The van der Waals surface area contributed by atoms with Gasteiger partial charge in [-0.2, -0.15) is 0 Å². The van der Waals surface area contributed by atoms with E-state index < -0.39 is 0 Å². The second-order valence-corrected chi connectivity index (χ2v) is 5.40. The Morgan fingerprint density at radius 1 is 1.05 bits per heavy atom. The summed E-state index contributed by atoms with van der Waals surface area (Å²) >= 11 is 0. The molecule has 0 aliphatic rings. The van der Waals surface area contributed by atoms with Gasteiger partial charge in [-0.3, -0.25) is 4.79 Å². The van der Waals surface area contributed by atoms with Crippen LogP contribution in [0.2, 0.25) is 0 Å². The van der Waals surface area contributed by atoms with Crippen LogP contribution in [0.5, 0.6) is 0 Å². The molecule has 22 heavy (non-hydrogen) atoms. The van der Waals surface area contributed by atoms with Crippen LogP contribution in [0.25, 0.3) is 0 Å². The predicted molar refractivity (Wildman–Crippen MR) is 85.3 cm³/mol. The molecule has 0 saturated heterocycles. The zero-order valence-electron chi connectivity index (χ0n) is 13.9. The van der Waals surface area contributed by atoms with Crippen molar-refractivity contribution >= 4 is 11.9 Å². The van der Waals surface area contributed by atoms with Gasteiger partial charge in [0.2, 0.25) is 0 Å². The number of unbranched alkanes of at least 4 members (excludes halogenated alkanes) is 3. The average Bonchev–Trinajstić information content (AvgIpc) is 2.50. The van der Waals surface area contributed by atoms with Crippen LogP contribution >= 0.6 is 0 Å². The van der Waals surface area contributed by atoms with Crippen LogP contribution in [0.1, 0.15) is 64.7 Å². The highest BCUT2D eigenvalue weighted by molar-refractivity contribution is 5.87. The summed E-state index contributed by atoms with van der Waals surface area (Å²) in [6.07, 6.45) is 6.56. The molecule has 0 aromatic rings. The average molecular weight is 314 g/mol. The topological polar surface area (TPSA) is 72.8 Å². The van der Waals surface area contributed by atoms with E-state index in [4.69, 9.17) is 4.74 Å². The van der Waals surface area contributed by atoms with Crippen molar-refractivity contribution < 1.29 is 24.2 Å². The van der Waals surface area contributed by atoms with Crippen LogP contribution in [0.3, 0.4) is 0 Å². The number of rotatable bonds is 13. The van der Waals surface area contributed by atoms with Crippen molar-refractivity contribution in [1.29, 1.82) is 0 Å². The highest BCUT2D eigenvalue weighted by Crippen LogP contribution is 2.14. The summed E-state index contributed by atoms with van der Waals surface area (Å²) in [6.45, 7) is 5.87. The molecule has 0 aromatic heterocycles. The second kappa shape index (κ2) is 13.3. The normalized spacial score (nSPS) is 11.8. The maximum atomic E-state index is 11.3. The highest BCUT2D eigenvalue weighted by Gasteiger charge is 2.08. The number of methoxy groups -OCH3 is 1. The Bertz CT molecular complexity index is 338. The fourth-order valence-electron chi connectivity index (χ4n) is 2.13. The van der Waals surface area contributed by atoms with Crippen molar-refractivity contribution in [2.24, 2.45) is 0 Å². The Labute approximate surface area is 133 Å². The second-order valence-electron chi connectivity index (χ2n) is 5.40. The van der Waals surface area contributed by atoms with Gasteiger partial charge in [-0.25, -0.2) is 4.79 Å². The molecule has 0 radical (unpaired) electrons. The van der Waals surface area contributed by atoms with E-state index in [0.717, 1.165) is 38.5 Å². The lowest BCUT2D eigenvalue weighted by atomic mass is 10.0. The third-order valence-electron chi connectivity index (χ3n) is 3.48. The van der Waals surface area contributed by atoms with Crippen molar-refractivity contribution in [3.05, 3.63) is 12.2 Å². The Balaban J connectivity index is 3.49. The molecule has 0 aromatic carbocycles. The van der Waals surface area contributed by atoms with Gasteiger partial charge in [0.25, 0.3) is 0 Å². The third-order valence-corrected chi connectivity index (χ3v) is 3.48. The first-order chi connectivity index (χ1) is 10.5. The fraction of sp³-hybridized carbons (Fsp3) is 0.765. The van der Waals surface area contributed by atoms with E-state index in [1.807, 2.05) is 0 Å². The Morgan fingerprint density at radius 3 is 2.23 bits per heavy atom. The van der Waals surface area contributed by atoms with E-state index in [1.165, 1.54) is 7.11 Å². The number of hydrogen-bond acceptors (Lipinski definition) is 5. The third kappa shape index (κ3) is 11.3. The van der Waals surface area contributed by atoms with Gasteiger partial charge in [-0.15, -0.1) is 0 Å². The van der Waals surface area contributed by atoms with E-state index in [9.17, 15) is 14.7 Å². The minimum Gasteiger partial charge on any atom is -0.469 e. The summed E-state index contributed by atoms with van der Waals surface area (Å²) in [5, 5.41) is 9.83. The van der Waals surface area contributed by atoms with Crippen molar-refractivity contribution in [3.63, 3.8) is 0 Å². The van der Waals surface area contributed by atoms with Crippen molar-refractivity contribution in [3.8, 4) is 0 Å². The molecule has 0 fully saturated rings. The van der Waals surface area contributed by atoms with Gasteiger partial charge in [0, 0.05) is 12.0 Å². The first-order valence-corrected chi connectivity index (χ1v) is 8.11. The number of hydrogen-bond donors (Lipinski definition) is 1. The molecule has 5 heteroatoms. The molecule has 5 nitrogen and oxygen atoms in total. The van der Waals surface area contributed by atoms with E-state index in [0.29, 0.717) is 31.4 Å². The van der Waals surface area contributed by atoms with Gasteiger partial charge < -0.3 is 14.6 Å². The van der Waals surface area contributed by atoms with Crippen LogP contribution in [0, 0.1) is 0 Å². The van der Waals surface area contributed by atoms with Crippen molar-refractivity contribution in [2.45, 2.75) is 70.8 Å². The number of ether oxygens (including phenoxy) is 2. The number of carbonyl (C=O) groups excluding carboxylic acids is 2. The Kier molecular flexibility index (Phi) is 12.5. The summed E-state index contributed by atoms with van der Waals surface area (Å²) in [5.74, 6) is -0.510. The molecule has 1 N–H and O–H groups in total. The predicted octanol–water partition coefficient (Wildman–Crippen LogP) is 3.15. The lowest BCUT2D eigenvalue weighted by molar-refractivity contribution is -0.141. The van der Waals surface area contributed by atoms with Crippen molar-refractivity contribution in [2.75, 3.05) is 13.7 Å². The molecule has 0 amide bonds. The molecule has 0 spiro atoms. The van der Waals surface area contributed by atoms with E-state index in [-0.39, 0.29) is 18.0 Å². The van der Waals surface area contributed by atoms with Gasteiger partial charge >= 0.3 is 11.9 Å². The largest absolute Gasteiger partial charge is 0.469 e. The lowest BCUT2D eigenvalue weighted by Crippen LogP contribution is -2.08. The standard InChI is InChI=1S/C17H30O5/c1-4-22-17(20)14(2)10-6-5-7-11-15(18)12-8-9-13-16(19)21-3/h15,18H,2,4-13H2,1,3H3. The minimum atomic E-state index is -0.314. The molecule has 0 bridgehead atoms. The zero-order valence-corrected chi connectivity index (χ0v) is 13.9. The molecule has 0 aliphatic carbocycles. The zero-order chi connectivity index (χ0) is 16.8. The van der Waals surface area contributed by atoms with E-state index >= 15 is 0 Å². The Morgan fingerprint density at radius 2 is 1.64 bits per heavy atom. The summed E-state index contributed by atoms with van der Waals surface area (Å²) in [7, 11) is 1.38. The molecule has 1 unspecified atom stereocenters. The maximum Gasteiger partial charge on any atom is 0.333 e. The van der Waals surface area contributed by atoms with Gasteiger partial charge in [-0.1, -0.05) is 25.8 Å². The van der Waals surface area contributed by atoms with E-state index in [2.05, 4.69) is 11.3 Å². The number of aliphatic hydroxyl groups is 1. The molecule has 0 heterocycles. The fourth-order valence-corrected chi connectivity index (χ4v) is 2.13. The SMILES string of the molecule is C=C(CCCCCC(O)CCCCC(=O)OC)C(=O)OCC. The van der Waals surface area contributed by atoms with Crippen LogP contribution in [-0.2, 0) is 19.1 Å². The molecule has 128 valence electrons. The minimum absolute atomic E-state index is 0.198. The molecule has 0 rings (SSSR count). The van der Waals surface area contributed by atoms with Gasteiger partial charge in [0.1, 0.15) is 0 Å². The monoisotopic (exact) mass is 314 g/mol. The maximum absolute atomic E-state index is 11.3. The highest BCUT2D eigenvalue weighted by atomic mass is 16.5. The smallest absolute Gasteiger partial charge is 0.333 e. The number of carbonyl (C=O) groups is 2. The summed E-state index contributed by atoms with van der Waals surface area (Å²) < 4.78 is 9.43. The van der Waals surface area contributed by atoms with Crippen LogP contribution < -0.4 is 0 Å². The number of aliphatic hydroxyl groups excluding tert-OH is 1. The molecular weight excluding hydrogens is 284 g/mol. The Hall–Kier alpha value is -1.36.